The van der Waals surface area contributed by atoms with E-state index in [4.69, 9.17) is 0 Å². The predicted octanol–water partition coefficient (Wildman–Crippen LogP) is 14.8. The van der Waals surface area contributed by atoms with Crippen LogP contribution in [0.2, 0.25) is 0 Å². The van der Waals surface area contributed by atoms with Gasteiger partial charge in [-0.15, -0.1) is 0 Å². The van der Waals surface area contributed by atoms with Gasteiger partial charge in [-0.2, -0.15) is 0 Å². The van der Waals surface area contributed by atoms with Crippen molar-refractivity contribution in [1.29, 1.82) is 0 Å². The number of hydrogen-bond acceptors (Lipinski definition) is 1. The Balaban J connectivity index is 1.23. The lowest BCUT2D eigenvalue weighted by Crippen LogP contribution is -2.17. The molecule has 55 heavy (non-hydrogen) atoms. The van der Waals surface area contributed by atoms with E-state index in [0.717, 1.165) is 17.1 Å². The van der Waals surface area contributed by atoms with Gasteiger partial charge in [-0.3, -0.25) is 0 Å². The molecule has 1 heteroatoms. The summed E-state index contributed by atoms with van der Waals surface area (Å²) in [5.41, 5.74) is 21.3. The van der Waals surface area contributed by atoms with E-state index in [9.17, 15) is 0 Å². The molecule has 264 valence electrons. The van der Waals surface area contributed by atoms with E-state index < -0.39 is 0 Å². The van der Waals surface area contributed by atoms with Gasteiger partial charge in [0.2, 0.25) is 0 Å². The Kier molecular flexibility index (Phi) is 7.58. The fourth-order valence-electron chi connectivity index (χ4n) is 9.46. The minimum atomic E-state index is -0.121. The Hall–Kier alpha value is -6.44. The van der Waals surface area contributed by atoms with Crippen LogP contribution in [0, 0.1) is 0 Å². The summed E-state index contributed by atoms with van der Waals surface area (Å²) in [6.07, 6.45) is 0. The molecule has 0 aromatic heterocycles. The average Bonchev–Trinajstić information content (AvgIpc) is 3.60. The molecule has 2 aliphatic carbocycles. The number of para-hydroxylation sites is 1. The van der Waals surface area contributed by atoms with E-state index in [2.05, 4.69) is 221 Å². The number of benzene rings is 8. The first-order valence-electron chi connectivity index (χ1n) is 19.4. The monoisotopic (exact) mass is 705 g/mol. The predicted molar refractivity (Wildman–Crippen MR) is 233 cm³/mol. The summed E-state index contributed by atoms with van der Waals surface area (Å²) in [6.45, 7) is 9.48. The average molecular weight is 706 g/mol. The van der Waals surface area contributed by atoms with Gasteiger partial charge in [0.15, 0.2) is 0 Å². The van der Waals surface area contributed by atoms with Crippen LogP contribution in [0.4, 0.5) is 17.1 Å². The Morgan fingerprint density at radius 3 is 1.51 bits per heavy atom. The molecule has 2 aliphatic rings. The molecular formula is C54H43N. The zero-order valence-corrected chi connectivity index (χ0v) is 31.8. The largest absolute Gasteiger partial charge is 0.310 e. The van der Waals surface area contributed by atoms with Crippen LogP contribution in [0.15, 0.2) is 188 Å². The van der Waals surface area contributed by atoms with Crippen molar-refractivity contribution in [1.82, 2.24) is 0 Å². The summed E-state index contributed by atoms with van der Waals surface area (Å²) in [5, 5.41) is 0. The summed E-state index contributed by atoms with van der Waals surface area (Å²) in [5.74, 6) is 0. The molecule has 0 heterocycles. The highest BCUT2D eigenvalue weighted by Crippen LogP contribution is 2.54. The molecule has 10 rings (SSSR count). The highest BCUT2D eigenvalue weighted by atomic mass is 15.1. The lowest BCUT2D eigenvalue weighted by molar-refractivity contribution is 0.660. The highest BCUT2D eigenvalue weighted by Gasteiger charge is 2.37. The van der Waals surface area contributed by atoms with E-state index in [0.29, 0.717) is 0 Å². The third kappa shape index (κ3) is 5.22. The number of anilines is 3. The van der Waals surface area contributed by atoms with Gasteiger partial charge < -0.3 is 4.90 Å². The lowest BCUT2D eigenvalue weighted by atomic mass is 9.81. The van der Waals surface area contributed by atoms with Gasteiger partial charge in [0.1, 0.15) is 0 Å². The van der Waals surface area contributed by atoms with Crippen molar-refractivity contribution in [3.63, 3.8) is 0 Å². The van der Waals surface area contributed by atoms with Crippen molar-refractivity contribution in [2.24, 2.45) is 0 Å². The van der Waals surface area contributed by atoms with E-state index in [1.54, 1.807) is 0 Å². The molecule has 0 bridgehead atoms. The SMILES string of the molecule is CC1(C)c2ccccc2-c2ccc(-c3c(-c4cccc(-c5ccccc5)c4)cccc3N(c3ccccc3)c3ccc4c(c3)C(C)(C)c3ccccc3-4)cc21. The summed E-state index contributed by atoms with van der Waals surface area (Å²) in [6, 6.07) is 69.6. The normalized spacial score (nSPS) is 14.1. The number of hydrogen-bond donors (Lipinski definition) is 0. The standard InChI is InChI=1S/C54H43N/c1-53(2)47-26-13-11-23-43(47)45-31-29-39(34-49(45)53)52-42(38-20-15-19-37(33-38)36-17-7-5-8-18-36)25-16-28-51(52)55(40-21-9-6-10-22-40)41-30-32-46-44-24-12-14-27-48(44)54(3,4)50(46)35-41/h5-35H,1-4H3. The van der Waals surface area contributed by atoms with Gasteiger partial charge in [0.05, 0.1) is 5.69 Å². The molecule has 8 aromatic carbocycles. The summed E-state index contributed by atoms with van der Waals surface area (Å²) in [7, 11) is 0. The molecule has 0 radical (unpaired) electrons. The van der Waals surface area contributed by atoms with Crippen LogP contribution in [0.1, 0.15) is 49.9 Å². The van der Waals surface area contributed by atoms with Gasteiger partial charge in [-0.05, 0) is 115 Å². The molecule has 0 saturated heterocycles. The first-order valence-corrected chi connectivity index (χ1v) is 19.4. The molecule has 0 amide bonds. The maximum atomic E-state index is 2.48. The second-order valence-electron chi connectivity index (χ2n) is 16.1. The Labute approximate surface area is 325 Å². The second kappa shape index (κ2) is 12.6. The fraction of sp³-hybridized carbons (Fsp3) is 0.111. The molecule has 0 fully saturated rings. The minimum Gasteiger partial charge on any atom is -0.310 e. The van der Waals surface area contributed by atoms with Crippen LogP contribution in [0.3, 0.4) is 0 Å². The van der Waals surface area contributed by atoms with Crippen molar-refractivity contribution in [3.8, 4) is 55.6 Å². The van der Waals surface area contributed by atoms with E-state index in [1.165, 1.54) is 77.9 Å². The van der Waals surface area contributed by atoms with Gasteiger partial charge in [-0.1, -0.05) is 173 Å². The topological polar surface area (TPSA) is 3.24 Å². The Bertz CT molecular complexity index is 2750. The van der Waals surface area contributed by atoms with Crippen molar-refractivity contribution in [2.45, 2.75) is 38.5 Å². The lowest BCUT2D eigenvalue weighted by Gasteiger charge is -2.31. The van der Waals surface area contributed by atoms with Crippen molar-refractivity contribution >= 4 is 17.1 Å². The molecule has 0 aliphatic heterocycles. The number of nitrogens with zero attached hydrogens (tertiary/aromatic N) is 1. The van der Waals surface area contributed by atoms with Gasteiger partial charge >= 0.3 is 0 Å². The Morgan fingerprint density at radius 1 is 0.309 bits per heavy atom. The van der Waals surface area contributed by atoms with Crippen LogP contribution in [-0.4, -0.2) is 0 Å². The molecule has 0 unspecified atom stereocenters. The zero-order chi connectivity index (χ0) is 37.3. The molecule has 0 N–H and O–H groups in total. The minimum absolute atomic E-state index is 0.118. The van der Waals surface area contributed by atoms with Crippen LogP contribution in [0.5, 0.6) is 0 Å². The summed E-state index contributed by atoms with van der Waals surface area (Å²) < 4.78 is 0. The quantitative estimate of drug-likeness (QED) is 0.166. The van der Waals surface area contributed by atoms with Gasteiger partial charge in [0.25, 0.3) is 0 Å². The first kappa shape index (κ1) is 33.2. The van der Waals surface area contributed by atoms with E-state index in [-0.39, 0.29) is 10.8 Å². The third-order valence-electron chi connectivity index (χ3n) is 12.3. The summed E-state index contributed by atoms with van der Waals surface area (Å²) >= 11 is 0. The second-order valence-corrected chi connectivity index (χ2v) is 16.1. The fourth-order valence-corrected chi connectivity index (χ4v) is 9.46. The van der Waals surface area contributed by atoms with Crippen molar-refractivity contribution in [3.05, 3.63) is 210 Å². The van der Waals surface area contributed by atoms with Crippen LogP contribution >= 0.6 is 0 Å². The number of rotatable bonds is 6. The van der Waals surface area contributed by atoms with Crippen LogP contribution in [-0.2, 0) is 10.8 Å². The first-order chi connectivity index (χ1) is 26.8. The van der Waals surface area contributed by atoms with Gasteiger partial charge in [-0.25, -0.2) is 0 Å². The molecule has 0 atom stereocenters. The number of fused-ring (bicyclic) bond motifs is 6. The third-order valence-corrected chi connectivity index (χ3v) is 12.3. The van der Waals surface area contributed by atoms with Crippen molar-refractivity contribution in [2.75, 3.05) is 4.90 Å². The molecule has 0 saturated carbocycles. The maximum Gasteiger partial charge on any atom is 0.0546 e. The zero-order valence-electron chi connectivity index (χ0n) is 31.8. The van der Waals surface area contributed by atoms with E-state index in [1.807, 2.05) is 0 Å². The van der Waals surface area contributed by atoms with E-state index >= 15 is 0 Å². The Morgan fingerprint density at radius 2 is 0.818 bits per heavy atom. The molecular weight excluding hydrogens is 663 g/mol. The van der Waals surface area contributed by atoms with Crippen molar-refractivity contribution < 1.29 is 0 Å². The van der Waals surface area contributed by atoms with Crippen LogP contribution in [0.25, 0.3) is 55.6 Å². The molecule has 1 nitrogen and oxygen atoms in total. The maximum absolute atomic E-state index is 2.48. The van der Waals surface area contributed by atoms with Crippen LogP contribution < -0.4 is 4.90 Å². The molecule has 8 aromatic rings. The smallest absolute Gasteiger partial charge is 0.0546 e. The highest BCUT2D eigenvalue weighted by molar-refractivity contribution is 5.99. The summed E-state index contributed by atoms with van der Waals surface area (Å²) in [4.78, 5) is 2.48. The van der Waals surface area contributed by atoms with Gasteiger partial charge in [0, 0.05) is 27.8 Å². The molecule has 0 spiro atoms.